The van der Waals surface area contributed by atoms with Gasteiger partial charge in [0.25, 0.3) is 5.56 Å². The molecule has 1 aromatic carbocycles. The molecule has 184 valence electrons. The Kier molecular flexibility index (Phi) is 6.31. The van der Waals surface area contributed by atoms with E-state index in [-0.39, 0.29) is 29.9 Å². The van der Waals surface area contributed by atoms with Gasteiger partial charge in [-0.25, -0.2) is 18.4 Å². The number of hydrogen-bond acceptors (Lipinski definition) is 10. The first-order valence-corrected chi connectivity index (χ1v) is 13.7. The van der Waals surface area contributed by atoms with Crippen LogP contribution in [0, 0.1) is 6.92 Å². The number of nitrogens with one attached hydrogen (secondary N) is 1. The predicted octanol–water partition coefficient (Wildman–Crippen LogP) is 2.04. The van der Waals surface area contributed by atoms with Gasteiger partial charge in [-0.1, -0.05) is 11.3 Å². The normalized spacial score (nSPS) is 15.0. The van der Waals surface area contributed by atoms with Gasteiger partial charge in [0.05, 0.1) is 42.3 Å². The van der Waals surface area contributed by atoms with E-state index in [4.69, 9.17) is 9.47 Å². The number of aromatic nitrogens is 3. The van der Waals surface area contributed by atoms with Crippen LogP contribution in [0.5, 0.6) is 5.75 Å². The van der Waals surface area contributed by atoms with Gasteiger partial charge in [0.1, 0.15) is 22.0 Å². The van der Waals surface area contributed by atoms with Gasteiger partial charge in [0.2, 0.25) is 15.9 Å². The molecule has 1 saturated heterocycles. The molecule has 0 spiro atoms. The molecule has 0 radical (unpaired) electrons. The molecule has 14 heteroatoms. The van der Waals surface area contributed by atoms with Gasteiger partial charge in [0.15, 0.2) is 5.13 Å². The minimum Gasteiger partial charge on any atom is -0.497 e. The second-order valence-corrected chi connectivity index (χ2v) is 11.9. The summed E-state index contributed by atoms with van der Waals surface area (Å²) in [6, 6.07) is 5.39. The SMILES string of the molecule is COc1ccc2nc(NC(=O)Cn3cnc4sc(C)c(S(=O)(=O)N5CCOCC5)c4c3=O)sc2c1. The fourth-order valence-corrected chi connectivity index (χ4v) is 7.84. The Morgan fingerprint density at radius 2 is 2.03 bits per heavy atom. The lowest BCUT2D eigenvalue weighted by molar-refractivity contribution is -0.116. The molecule has 11 nitrogen and oxygen atoms in total. The number of thiazole rings is 1. The summed E-state index contributed by atoms with van der Waals surface area (Å²) in [5.74, 6) is 0.197. The molecule has 1 aliphatic heterocycles. The van der Waals surface area contributed by atoms with Crippen LogP contribution in [0.4, 0.5) is 5.13 Å². The highest BCUT2D eigenvalue weighted by Crippen LogP contribution is 2.33. The van der Waals surface area contributed by atoms with Crippen LogP contribution in [0.1, 0.15) is 4.88 Å². The number of fused-ring (bicyclic) bond motifs is 2. The van der Waals surface area contributed by atoms with Crippen LogP contribution in [-0.2, 0) is 26.1 Å². The van der Waals surface area contributed by atoms with E-state index in [0.29, 0.717) is 39.3 Å². The summed E-state index contributed by atoms with van der Waals surface area (Å²) in [7, 11) is -2.35. The lowest BCUT2D eigenvalue weighted by atomic mass is 10.3. The predicted molar refractivity (Wildman–Crippen MR) is 133 cm³/mol. The van der Waals surface area contributed by atoms with E-state index in [2.05, 4.69) is 15.3 Å². The Hall–Kier alpha value is -2.91. The highest BCUT2D eigenvalue weighted by molar-refractivity contribution is 7.89. The maximum atomic E-state index is 13.3. The van der Waals surface area contributed by atoms with E-state index < -0.39 is 21.5 Å². The molecule has 3 aromatic heterocycles. The number of amides is 1. The van der Waals surface area contributed by atoms with Crippen molar-refractivity contribution in [1.82, 2.24) is 18.8 Å². The van der Waals surface area contributed by atoms with Gasteiger partial charge in [-0.05, 0) is 25.1 Å². The molecule has 5 rings (SSSR count). The number of thiophene rings is 1. The van der Waals surface area contributed by atoms with Crippen molar-refractivity contribution < 1.29 is 22.7 Å². The third-order valence-corrected chi connectivity index (χ3v) is 9.67. The lowest BCUT2D eigenvalue weighted by Crippen LogP contribution is -2.41. The van der Waals surface area contributed by atoms with Crippen molar-refractivity contribution in [3.63, 3.8) is 0 Å². The van der Waals surface area contributed by atoms with Crippen LogP contribution >= 0.6 is 22.7 Å². The number of methoxy groups -OCH3 is 1. The van der Waals surface area contributed by atoms with E-state index in [1.54, 1.807) is 26.2 Å². The third-order valence-electron chi connectivity index (χ3n) is 5.52. The number of hydrogen-bond donors (Lipinski definition) is 1. The number of nitrogens with zero attached hydrogens (tertiary/aromatic N) is 4. The summed E-state index contributed by atoms with van der Waals surface area (Å²) in [6.07, 6.45) is 1.26. The van der Waals surface area contributed by atoms with Crippen LogP contribution in [0.15, 0.2) is 34.2 Å². The molecular weight excluding hydrogens is 514 g/mol. The average molecular weight is 536 g/mol. The zero-order chi connectivity index (χ0) is 24.7. The van der Waals surface area contributed by atoms with Crippen LogP contribution in [0.2, 0.25) is 0 Å². The monoisotopic (exact) mass is 535 g/mol. The van der Waals surface area contributed by atoms with Crippen molar-refractivity contribution >= 4 is 64.2 Å². The van der Waals surface area contributed by atoms with E-state index in [1.165, 1.54) is 22.0 Å². The van der Waals surface area contributed by atoms with Gasteiger partial charge in [0, 0.05) is 18.0 Å². The maximum Gasteiger partial charge on any atom is 0.263 e. The number of carbonyl (C=O) groups is 1. The first kappa shape index (κ1) is 23.8. The van der Waals surface area contributed by atoms with Crippen molar-refractivity contribution in [2.24, 2.45) is 0 Å². The smallest absolute Gasteiger partial charge is 0.263 e. The van der Waals surface area contributed by atoms with E-state index in [1.807, 2.05) is 6.07 Å². The number of benzene rings is 1. The molecule has 35 heavy (non-hydrogen) atoms. The van der Waals surface area contributed by atoms with Crippen molar-refractivity contribution in [3.8, 4) is 5.75 Å². The zero-order valence-corrected chi connectivity index (χ0v) is 21.3. The molecule has 0 atom stereocenters. The topological polar surface area (TPSA) is 133 Å². The first-order valence-electron chi connectivity index (χ1n) is 10.6. The second kappa shape index (κ2) is 9.28. The fraction of sp³-hybridized carbons (Fsp3) is 0.333. The van der Waals surface area contributed by atoms with Gasteiger partial charge in [-0.2, -0.15) is 4.31 Å². The van der Waals surface area contributed by atoms with Crippen LogP contribution in [-0.4, -0.2) is 66.6 Å². The Morgan fingerprint density at radius 1 is 1.26 bits per heavy atom. The summed E-state index contributed by atoms with van der Waals surface area (Å²) in [5.41, 5.74) is 0.119. The Bertz CT molecular complexity index is 1600. The minimum absolute atomic E-state index is 0.00127. The van der Waals surface area contributed by atoms with Gasteiger partial charge >= 0.3 is 0 Å². The lowest BCUT2D eigenvalue weighted by Gasteiger charge is -2.26. The molecule has 0 aliphatic carbocycles. The minimum atomic E-state index is -3.92. The molecule has 0 saturated carbocycles. The largest absolute Gasteiger partial charge is 0.497 e. The van der Waals surface area contributed by atoms with Crippen molar-refractivity contribution in [2.45, 2.75) is 18.4 Å². The van der Waals surface area contributed by atoms with Gasteiger partial charge < -0.3 is 14.8 Å². The second-order valence-electron chi connectivity index (χ2n) is 7.76. The average Bonchev–Trinajstić information content (AvgIpc) is 3.40. The summed E-state index contributed by atoms with van der Waals surface area (Å²) >= 11 is 2.42. The van der Waals surface area contributed by atoms with Crippen molar-refractivity contribution in [2.75, 3.05) is 38.7 Å². The summed E-state index contributed by atoms with van der Waals surface area (Å²) in [4.78, 5) is 35.4. The van der Waals surface area contributed by atoms with Gasteiger partial charge in [-0.3, -0.25) is 14.2 Å². The molecule has 1 N–H and O–H groups in total. The number of sulfonamides is 1. The number of aryl methyl sites for hydroxylation is 1. The fourth-order valence-electron chi connectivity index (χ4n) is 3.85. The summed E-state index contributed by atoms with van der Waals surface area (Å²) in [5, 5.41) is 3.08. The van der Waals surface area contributed by atoms with E-state index >= 15 is 0 Å². The quantitative estimate of drug-likeness (QED) is 0.397. The molecule has 4 heterocycles. The zero-order valence-electron chi connectivity index (χ0n) is 18.8. The molecule has 1 aliphatic rings. The molecule has 1 fully saturated rings. The third kappa shape index (κ3) is 4.43. The molecule has 4 aromatic rings. The standard InChI is InChI=1S/C21H21N5O6S3/c1-12-18(35(29,30)26-5-7-32-8-6-26)17-19(33-12)22-11-25(20(17)28)10-16(27)24-21-23-14-4-3-13(31-2)9-15(14)34-21/h3-4,9,11H,5-8,10H2,1-2H3,(H,23,24,27). The van der Waals surface area contributed by atoms with E-state index in [0.717, 1.165) is 20.6 Å². The molecule has 1 amide bonds. The first-order chi connectivity index (χ1) is 16.8. The van der Waals surface area contributed by atoms with Crippen LogP contribution in [0.25, 0.3) is 20.4 Å². The number of anilines is 1. The maximum absolute atomic E-state index is 13.3. The number of carbonyl (C=O) groups excluding carboxylic acids is 1. The summed E-state index contributed by atoms with van der Waals surface area (Å²) < 4.78 is 40.4. The van der Waals surface area contributed by atoms with E-state index in [9.17, 15) is 18.0 Å². The summed E-state index contributed by atoms with van der Waals surface area (Å²) in [6.45, 7) is 2.32. The van der Waals surface area contributed by atoms with Gasteiger partial charge in [-0.15, -0.1) is 11.3 Å². The molecule has 0 unspecified atom stereocenters. The number of ether oxygens (including phenoxy) is 2. The Balaban J connectivity index is 1.44. The Morgan fingerprint density at radius 3 is 2.77 bits per heavy atom. The van der Waals surface area contributed by atoms with Crippen LogP contribution in [0.3, 0.4) is 0 Å². The van der Waals surface area contributed by atoms with Crippen molar-refractivity contribution in [3.05, 3.63) is 39.8 Å². The number of rotatable bonds is 6. The highest BCUT2D eigenvalue weighted by Gasteiger charge is 2.32. The Labute approximate surface area is 208 Å². The number of morpholine rings is 1. The molecule has 0 bridgehead atoms. The molecular formula is C21H21N5O6S3. The van der Waals surface area contributed by atoms with Crippen molar-refractivity contribution in [1.29, 1.82) is 0 Å². The van der Waals surface area contributed by atoms with Crippen LogP contribution < -0.4 is 15.6 Å². The highest BCUT2D eigenvalue weighted by atomic mass is 32.2.